The molecule has 0 saturated heterocycles. The third-order valence-corrected chi connectivity index (χ3v) is 5.35. The summed E-state index contributed by atoms with van der Waals surface area (Å²) in [6, 6.07) is 11.5. The number of benzene rings is 1. The van der Waals surface area contributed by atoms with Crippen LogP contribution in [-0.4, -0.2) is 41.3 Å². The molecule has 146 valence electrons. The van der Waals surface area contributed by atoms with Crippen LogP contribution in [0, 0.1) is 0 Å². The van der Waals surface area contributed by atoms with Crippen LogP contribution in [0.25, 0.3) is 0 Å². The molecule has 4 nitrogen and oxygen atoms in total. The van der Waals surface area contributed by atoms with Crippen molar-refractivity contribution >= 4 is 22.9 Å². The van der Waals surface area contributed by atoms with Gasteiger partial charge in [-0.05, 0) is 17.0 Å². The van der Waals surface area contributed by atoms with Gasteiger partial charge in [-0.2, -0.15) is 13.2 Å². The Hall–Kier alpha value is -2.06. The van der Waals surface area contributed by atoms with Crippen LogP contribution < -0.4 is 4.90 Å². The summed E-state index contributed by atoms with van der Waals surface area (Å²) in [6.45, 7) is 1.04. The molecule has 1 atom stereocenters. The number of halogens is 3. The molecule has 3 rings (SSSR count). The first-order chi connectivity index (χ1) is 12.8. The normalized spacial score (nSPS) is 16.7. The van der Waals surface area contributed by atoms with E-state index >= 15 is 0 Å². The molecule has 0 aliphatic carbocycles. The molecule has 2 aromatic rings. The second kappa shape index (κ2) is 8.31. The summed E-state index contributed by atoms with van der Waals surface area (Å²) in [6.07, 6.45) is -6.99. The van der Waals surface area contributed by atoms with Gasteiger partial charge < -0.3 is 14.9 Å². The maximum absolute atomic E-state index is 12.6. The third-order valence-electron chi connectivity index (χ3n) is 4.46. The van der Waals surface area contributed by atoms with Crippen molar-refractivity contribution in [2.75, 3.05) is 18.0 Å². The fraction of sp³-hybridized carbons (Fsp3) is 0.421. The Balaban J connectivity index is 1.74. The van der Waals surface area contributed by atoms with E-state index in [1.807, 2.05) is 41.8 Å². The van der Waals surface area contributed by atoms with E-state index in [0.717, 1.165) is 16.1 Å². The maximum Gasteiger partial charge on any atom is 0.391 e. The summed E-state index contributed by atoms with van der Waals surface area (Å²) in [5, 5.41) is 11.7. The van der Waals surface area contributed by atoms with Gasteiger partial charge in [0.1, 0.15) is 0 Å². The number of alkyl halides is 3. The lowest BCUT2D eigenvalue weighted by Gasteiger charge is -2.33. The molecule has 0 saturated carbocycles. The number of anilines is 1. The quantitative estimate of drug-likeness (QED) is 0.833. The highest BCUT2D eigenvalue weighted by Gasteiger charge is 2.33. The first-order valence-electron chi connectivity index (χ1n) is 8.69. The summed E-state index contributed by atoms with van der Waals surface area (Å²) < 4.78 is 37.6. The number of nitrogens with zero attached hydrogens (tertiary/aromatic N) is 2. The molecule has 8 heteroatoms. The van der Waals surface area contributed by atoms with Gasteiger partial charge in [0.05, 0.1) is 24.8 Å². The van der Waals surface area contributed by atoms with Crippen LogP contribution in [0.1, 0.15) is 23.3 Å². The molecule has 0 bridgehead atoms. The second-order valence-corrected chi connectivity index (χ2v) is 7.63. The van der Waals surface area contributed by atoms with Crippen LogP contribution >= 0.6 is 11.3 Å². The Kier molecular flexibility index (Phi) is 6.06. The number of carbonyl (C=O) groups excluding carboxylic acids is 1. The van der Waals surface area contributed by atoms with E-state index in [9.17, 15) is 23.1 Å². The number of rotatable bonds is 5. The first kappa shape index (κ1) is 19.7. The largest absolute Gasteiger partial charge is 0.391 e. The molecule has 1 aliphatic rings. The van der Waals surface area contributed by atoms with Crippen molar-refractivity contribution in [3.63, 3.8) is 0 Å². The van der Waals surface area contributed by atoms with E-state index in [2.05, 4.69) is 0 Å². The molecular weight excluding hydrogens is 377 g/mol. The monoisotopic (exact) mass is 398 g/mol. The highest BCUT2D eigenvalue weighted by molar-refractivity contribution is 7.10. The molecule has 2 heterocycles. The van der Waals surface area contributed by atoms with Crippen LogP contribution in [0.4, 0.5) is 18.9 Å². The van der Waals surface area contributed by atoms with E-state index < -0.39 is 18.7 Å². The highest BCUT2D eigenvalue weighted by Crippen LogP contribution is 2.31. The summed E-state index contributed by atoms with van der Waals surface area (Å²) in [4.78, 5) is 17.0. The van der Waals surface area contributed by atoms with Gasteiger partial charge in [-0.25, -0.2) is 0 Å². The molecule has 1 unspecified atom stereocenters. The molecule has 1 aromatic carbocycles. The zero-order valence-corrected chi connectivity index (χ0v) is 15.5. The van der Waals surface area contributed by atoms with Crippen LogP contribution in [0.15, 0.2) is 41.8 Å². The Bertz CT molecular complexity index is 764. The van der Waals surface area contributed by atoms with Crippen molar-refractivity contribution < 1.29 is 23.1 Å². The summed E-state index contributed by atoms with van der Waals surface area (Å²) >= 11 is 1.47. The topological polar surface area (TPSA) is 43.8 Å². The average molecular weight is 398 g/mol. The fourth-order valence-corrected chi connectivity index (χ4v) is 4.14. The van der Waals surface area contributed by atoms with E-state index in [-0.39, 0.29) is 25.4 Å². The van der Waals surface area contributed by atoms with E-state index in [0.29, 0.717) is 13.1 Å². The summed E-state index contributed by atoms with van der Waals surface area (Å²) in [5.41, 5.74) is 1.83. The molecule has 0 fully saturated rings. The minimum Gasteiger partial charge on any atom is -0.391 e. The zero-order chi connectivity index (χ0) is 19.4. The molecule has 1 amide bonds. The van der Waals surface area contributed by atoms with Crippen molar-refractivity contribution in [2.45, 2.75) is 38.2 Å². The van der Waals surface area contributed by atoms with Gasteiger partial charge in [-0.3, -0.25) is 4.79 Å². The van der Waals surface area contributed by atoms with Gasteiger partial charge in [0, 0.05) is 30.9 Å². The van der Waals surface area contributed by atoms with Gasteiger partial charge in [0.25, 0.3) is 0 Å². The van der Waals surface area contributed by atoms with E-state index in [1.54, 1.807) is 9.80 Å². The molecular formula is C19H21F3N2O2S. The molecule has 1 N–H and O–H groups in total. The number of hydrogen-bond acceptors (Lipinski definition) is 4. The number of thiophene rings is 1. The summed E-state index contributed by atoms with van der Waals surface area (Å²) in [5.74, 6) is -0.0479. The SMILES string of the molecule is O=C1CCN(CC(O)CC(F)(F)F)c2ccsc2CN1Cc1ccccc1. The van der Waals surface area contributed by atoms with E-state index in [1.165, 1.54) is 11.3 Å². The van der Waals surface area contributed by atoms with Crippen LogP contribution in [0.2, 0.25) is 0 Å². The Labute approximate surface area is 159 Å². The lowest BCUT2D eigenvalue weighted by Crippen LogP contribution is -2.41. The van der Waals surface area contributed by atoms with Gasteiger partial charge in [0.2, 0.25) is 5.91 Å². The number of aliphatic hydroxyl groups is 1. The standard InChI is InChI=1S/C19H21F3N2O2S/c20-19(21,22)10-15(25)12-23-8-6-18(26)24(11-14-4-2-1-3-5-14)13-17-16(23)7-9-27-17/h1-5,7,9,15,25H,6,8,10-13H2. The number of hydrogen-bond donors (Lipinski definition) is 1. The Morgan fingerprint density at radius 3 is 2.59 bits per heavy atom. The zero-order valence-electron chi connectivity index (χ0n) is 14.7. The van der Waals surface area contributed by atoms with Gasteiger partial charge >= 0.3 is 6.18 Å². The minimum absolute atomic E-state index is 0.0479. The number of carbonyl (C=O) groups is 1. The predicted molar refractivity (Wildman–Crippen MR) is 98.5 cm³/mol. The maximum atomic E-state index is 12.6. The van der Waals surface area contributed by atoms with Gasteiger partial charge in [0.15, 0.2) is 0 Å². The number of fused-ring (bicyclic) bond motifs is 1. The van der Waals surface area contributed by atoms with Crippen molar-refractivity contribution in [3.8, 4) is 0 Å². The number of aliphatic hydroxyl groups excluding tert-OH is 1. The lowest BCUT2D eigenvalue weighted by atomic mass is 10.1. The molecule has 1 aliphatic heterocycles. The van der Waals surface area contributed by atoms with Crippen molar-refractivity contribution in [2.24, 2.45) is 0 Å². The highest BCUT2D eigenvalue weighted by atomic mass is 32.1. The van der Waals surface area contributed by atoms with Crippen molar-refractivity contribution in [1.29, 1.82) is 0 Å². The molecule has 1 aromatic heterocycles. The van der Waals surface area contributed by atoms with Crippen LogP contribution in [0.3, 0.4) is 0 Å². The molecule has 0 spiro atoms. The van der Waals surface area contributed by atoms with Crippen molar-refractivity contribution in [3.05, 3.63) is 52.2 Å². The Morgan fingerprint density at radius 2 is 1.89 bits per heavy atom. The first-order valence-corrected chi connectivity index (χ1v) is 9.57. The average Bonchev–Trinajstić information content (AvgIpc) is 3.04. The summed E-state index contributed by atoms with van der Waals surface area (Å²) in [7, 11) is 0. The van der Waals surface area contributed by atoms with Gasteiger partial charge in [-0.15, -0.1) is 11.3 Å². The third kappa shape index (κ3) is 5.46. The number of β-amino-alcohol motifs (C(OH)–C–C–N with tert-alkyl or cyclic N) is 1. The van der Waals surface area contributed by atoms with Crippen LogP contribution in [-0.2, 0) is 17.9 Å². The molecule has 27 heavy (non-hydrogen) atoms. The van der Waals surface area contributed by atoms with Crippen LogP contribution in [0.5, 0.6) is 0 Å². The number of amides is 1. The minimum atomic E-state index is -4.41. The lowest BCUT2D eigenvalue weighted by molar-refractivity contribution is -0.152. The van der Waals surface area contributed by atoms with E-state index in [4.69, 9.17) is 0 Å². The second-order valence-electron chi connectivity index (χ2n) is 6.63. The Morgan fingerprint density at radius 1 is 1.15 bits per heavy atom. The fourth-order valence-electron chi connectivity index (χ4n) is 3.23. The molecule has 0 radical (unpaired) electrons. The predicted octanol–water partition coefficient (Wildman–Crippen LogP) is 3.80. The smallest absolute Gasteiger partial charge is 0.391 e. The van der Waals surface area contributed by atoms with Crippen molar-refractivity contribution in [1.82, 2.24) is 4.90 Å². The van der Waals surface area contributed by atoms with Gasteiger partial charge in [-0.1, -0.05) is 30.3 Å².